The van der Waals surface area contributed by atoms with E-state index in [1.807, 2.05) is 0 Å². The average Bonchev–Trinajstić information content (AvgIpc) is 2.80. The molecular formula is C13H17ClN2O2S. The number of hydrogen-bond donors (Lipinski definition) is 1. The Morgan fingerprint density at radius 3 is 2.79 bits per heavy atom. The number of carbonyl (C=O) groups is 1. The number of fused-ring (bicyclic) bond motifs is 1. The summed E-state index contributed by atoms with van der Waals surface area (Å²) in [5.74, 6) is -0.232. The van der Waals surface area contributed by atoms with Gasteiger partial charge in [0.05, 0.1) is 0 Å². The van der Waals surface area contributed by atoms with Crippen LogP contribution in [0, 0.1) is 5.92 Å². The minimum Gasteiger partial charge on any atom is -0.477 e. The highest BCUT2D eigenvalue weighted by Gasteiger charge is 2.35. The molecule has 4 nitrogen and oxygen atoms in total. The van der Waals surface area contributed by atoms with Crippen LogP contribution in [0.2, 0.25) is 5.15 Å². The summed E-state index contributed by atoms with van der Waals surface area (Å²) in [6.07, 6.45) is 7.56. The van der Waals surface area contributed by atoms with Gasteiger partial charge in [0.2, 0.25) is 0 Å². The van der Waals surface area contributed by atoms with Crippen molar-refractivity contribution >= 4 is 34.0 Å². The van der Waals surface area contributed by atoms with Crippen molar-refractivity contribution in [2.24, 2.45) is 5.92 Å². The van der Waals surface area contributed by atoms with E-state index in [2.05, 4.69) is 9.88 Å². The maximum atomic E-state index is 11.1. The van der Waals surface area contributed by atoms with Crippen molar-refractivity contribution in [2.45, 2.75) is 44.6 Å². The maximum absolute atomic E-state index is 11.1. The van der Waals surface area contributed by atoms with Crippen molar-refractivity contribution < 1.29 is 9.90 Å². The lowest BCUT2D eigenvalue weighted by atomic mass is 9.78. The second-order valence-electron chi connectivity index (χ2n) is 5.37. The molecule has 1 aliphatic heterocycles. The van der Waals surface area contributed by atoms with Gasteiger partial charge in [-0.2, -0.15) is 0 Å². The third kappa shape index (κ3) is 2.46. The van der Waals surface area contributed by atoms with E-state index < -0.39 is 5.97 Å². The zero-order chi connectivity index (χ0) is 13.4. The van der Waals surface area contributed by atoms with Crippen molar-refractivity contribution in [3.05, 3.63) is 10.0 Å². The fourth-order valence-electron chi connectivity index (χ4n) is 3.41. The van der Waals surface area contributed by atoms with Crippen LogP contribution in [0.3, 0.4) is 0 Å². The number of carboxylic acid groups (broad SMARTS) is 1. The maximum Gasteiger partial charge on any atom is 0.349 e. The topological polar surface area (TPSA) is 53.4 Å². The van der Waals surface area contributed by atoms with Crippen molar-refractivity contribution in [1.82, 2.24) is 4.98 Å². The van der Waals surface area contributed by atoms with E-state index in [4.69, 9.17) is 16.7 Å². The number of piperidine rings is 1. The molecule has 0 bridgehead atoms. The lowest BCUT2D eigenvalue weighted by Gasteiger charge is -2.44. The van der Waals surface area contributed by atoms with E-state index >= 15 is 0 Å². The largest absolute Gasteiger partial charge is 0.477 e. The standard InChI is InChI=1S/C13H17ClN2O2S/c14-11-10(12(17)18)19-13(15-11)16-7-3-5-8-4-1-2-6-9(8)16/h8-9H,1-7H2,(H,17,18)/t8-,9-/m1/s1. The van der Waals surface area contributed by atoms with Crippen molar-refractivity contribution in [2.75, 3.05) is 11.4 Å². The summed E-state index contributed by atoms with van der Waals surface area (Å²) in [7, 11) is 0. The first-order valence-electron chi connectivity index (χ1n) is 6.83. The minimum absolute atomic E-state index is 0.130. The summed E-state index contributed by atoms with van der Waals surface area (Å²) >= 11 is 7.14. The summed E-state index contributed by atoms with van der Waals surface area (Å²) in [6, 6.07) is 0.534. The third-order valence-corrected chi connectivity index (χ3v) is 5.72. The molecule has 1 aliphatic carbocycles. The van der Waals surface area contributed by atoms with Gasteiger partial charge in [0.25, 0.3) is 0 Å². The summed E-state index contributed by atoms with van der Waals surface area (Å²) in [5, 5.41) is 10.00. The normalized spacial score (nSPS) is 27.1. The molecule has 0 spiro atoms. The van der Waals surface area contributed by atoms with Crippen molar-refractivity contribution in [3.63, 3.8) is 0 Å². The molecule has 1 saturated carbocycles. The Labute approximate surface area is 121 Å². The summed E-state index contributed by atoms with van der Waals surface area (Å²) in [4.78, 5) is 17.8. The molecule has 2 fully saturated rings. The molecule has 0 amide bonds. The van der Waals surface area contributed by atoms with Gasteiger partial charge in [-0.25, -0.2) is 9.78 Å². The van der Waals surface area contributed by atoms with Gasteiger partial charge in [0.15, 0.2) is 15.2 Å². The molecule has 0 radical (unpaired) electrons. The van der Waals surface area contributed by atoms with Crippen LogP contribution in [0.25, 0.3) is 0 Å². The van der Waals surface area contributed by atoms with Gasteiger partial charge in [-0.1, -0.05) is 35.8 Å². The molecule has 1 aromatic heterocycles. The lowest BCUT2D eigenvalue weighted by Crippen LogP contribution is -2.46. The molecule has 0 unspecified atom stereocenters. The van der Waals surface area contributed by atoms with Gasteiger partial charge in [-0.15, -0.1) is 0 Å². The second-order valence-corrected chi connectivity index (χ2v) is 6.70. The Morgan fingerprint density at radius 1 is 1.32 bits per heavy atom. The SMILES string of the molecule is O=C(O)c1sc(N2CCC[C@H]3CCCC[C@H]32)nc1Cl. The first-order chi connectivity index (χ1) is 9.16. The zero-order valence-electron chi connectivity index (χ0n) is 10.6. The highest BCUT2D eigenvalue weighted by atomic mass is 35.5. The van der Waals surface area contributed by atoms with Gasteiger partial charge >= 0.3 is 5.97 Å². The molecule has 1 aromatic rings. The average molecular weight is 301 g/mol. The van der Waals surface area contributed by atoms with Gasteiger partial charge in [-0.05, 0) is 31.6 Å². The smallest absolute Gasteiger partial charge is 0.349 e. The van der Waals surface area contributed by atoms with Crippen LogP contribution in [-0.4, -0.2) is 28.6 Å². The van der Waals surface area contributed by atoms with Crippen LogP contribution in [0.1, 0.15) is 48.2 Å². The Morgan fingerprint density at radius 2 is 2.05 bits per heavy atom. The fourth-order valence-corrected chi connectivity index (χ4v) is 4.62. The minimum atomic E-state index is -0.981. The van der Waals surface area contributed by atoms with E-state index in [9.17, 15) is 4.79 Å². The van der Waals surface area contributed by atoms with Gasteiger partial charge in [-0.3, -0.25) is 0 Å². The molecule has 1 saturated heterocycles. The molecule has 1 N–H and O–H groups in total. The van der Waals surface area contributed by atoms with E-state index in [1.165, 1.54) is 49.9 Å². The first-order valence-corrected chi connectivity index (χ1v) is 8.02. The molecule has 2 atom stereocenters. The molecule has 19 heavy (non-hydrogen) atoms. The number of aromatic nitrogens is 1. The number of rotatable bonds is 2. The van der Waals surface area contributed by atoms with E-state index in [-0.39, 0.29) is 10.0 Å². The summed E-state index contributed by atoms with van der Waals surface area (Å²) < 4.78 is 0. The zero-order valence-corrected chi connectivity index (χ0v) is 12.2. The molecule has 3 rings (SSSR count). The van der Waals surface area contributed by atoms with Crippen LogP contribution < -0.4 is 4.90 Å². The van der Waals surface area contributed by atoms with E-state index in [0.29, 0.717) is 6.04 Å². The number of carboxylic acids is 1. The fraction of sp³-hybridized carbons (Fsp3) is 0.692. The van der Waals surface area contributed by atoms with Crippen LogP contribution in [0.15, 0.2) is 0 Å². The predicted octanol–water partition coefficient (Wildman–Crippen LogP) is 3.65. The van der Waals surface area contributed by atoms with Gasteiger partial charge in [0, 0.05) is 12.6 Å². The van der Waals surface area contributed by atoms with Crippen LogP contribution in [0.5, 0.6) is 0 Å². The Bertz CT molecular complexity index is 489. The number of halogens is 1. The molecule has 2 heterocycles. The van der Waals surface area contributed by atoms with E-state index in [0.717, 1.165) is 17.6 Å². The van der Waals surface area contributed by atoms with Gasteiger partial charge < -0.3 is 10.0 Å². The predicted molar refractivity (Wildman–Crippen MR) is 76.4 cm³/mol. The number of nitrogens with zero attached hydrogens (tertiary/aromatic N) is 2. The summed E-state index contributed by atoms with van der Waals surface area (Å²) in [5.41, 5.74) is 0. The van der Waals surface area contributed by atoms with Crippen LogP contribution in [-0.2, 0) is 0 Å². The monoisotopic (exact) mass is 300 g/mol. The Balaban J connectivity index is 1.87. The summed E-state index contributed by atoms with van der Waals surface area (Å²) in [6.45, 7) is 0.976. The third-order valence-electron chi connectivity index (χ3n) is 4.26. The number of thiazole rings is 1. The first kappa shape index (κ1) is 13.2. The highest BCUT2D eigenvalue weighted by Crippen LogP contribution is 2.40. The second kappa shape index (κ2) is 5.29. The highest BCUT2D eigenvalue weighted by molar-refractivity contribution is 7.18. The molecule has 104 valence electrons. The van der Waals surface area contributed by atoms with E-state index in [1.54, 1.807) is 0 Å². The number of aromatic carboxylic acids is 1. The number of anilines is 1. The van der Waals surface area contributed by atoms with Crippen LogP contribution >= 0.6 is 22.9 Å². The molecular weight excluding hydrogens is 284 g/mol. The molecule has 6 heteroatoms. The van der Waals surface area contributed by atoms with Crippen molar-refractivity contribution in [1.29, 1.82) is 0 Å². The lowest BCUT2D eigenvalue weighted by molar-refractivity contribution is 0.0702. The molecule has 0 aromatic carbocycles. The van der Waals surface area contributed by atoms with Crippen LogP contribution in [0.4, 0.5) is 5.13 Å². The Kier molecular flexibility index (Phi) is 3.67. The van der Waals surface area contributed by atoms with Crippen molar-refractivity contribution in [3.8, 4) is 0 Å². The Hall–Kier alpha value is -0.810. The quantitative estimate of drug-likeness (QED) is 0.905. The molecule has 2 aliphatic rings. The van der Waals surface area contributed by atoms with Gasteiger partial charge in [0.1, 0.15) is 0 Å². The number of hydrogen-bond acceptors (Lipinski definition) is 4.